The second kappa shape index (κ2) is 6.70. The summed E-state index contributed by atoms with van der Waals surface area (Å²) in [6.07, 6.45) is 3.26. The Bertz CT molecular complexity index is 820. The molecule has 0 atom stereocenters. The molecule has 0 aliphatic heterocycles. The number of nitrogens with zero attached hydrogens (tertiary/aromatic N) is 2. The molecule has 0 bridgehead atoms. The first kappa shape index (κ1) is 14.7. The topological polar surface area (TPSA) is 70.1 Å². The lowest BCUT2D eigenvalue weighted by Gasteiger charge is -2.01. The van der Waals surface area contributed by atoms with E-state index in [-0.39, 0.29) is 5.91 Å². The Morgan fingerprint density at radius 1 is 1.13 bits per heavy atom. The van der Waals surface area contributed by atoms with E-state index in [1.165, 1.54) is 5.56 Å². The predicted octanol–water partition coefficient (Wildman–Crippen LogP) is 3.15. The van der Waals surface area contributed by atoms with Crippen LogP contribution in [0.4, 0.5) is 0 Å². The average Bonchev–Trinajstić information content (AvgIpc) is 3.05. The molecule has 1 heterocycles. The summed E-state index contributed by atoms with van der Waals surface area (Å²) in [6.45, 7) is 2.04. The van der Waals surface area contributed by atoms with Crippen molar-refractivity contribution < 1.29 is 4.79 Å². The summed E-state index contributed by atoms with van der Waals surface area (Å²) < 4.78 is 0. The van der Waals surface area contributed by atoms with Gasteiger partial charge in [0, 0.05) is 16.7 Å². The number of hydrazone groups is 1. The first-order chi connectivity index (χ1) is 11.2. The number of H-pyrrole nitrogens is 1. The maximum absolute atomic E-state index is 11.9. The second-order valence-corrected chi connectivity index (χ2v) is 5.13. The Morgan fingerprint density at radius 2 is 1.87 bits per heavy atom. The molecule has 23 heavy (non-hydrogen) atoms. The fraction of sp³-hybridized carbons (Fsp3) is 0.0556. The Hall–Kier alpha value is -3.21. The molecule has 0 saturated heterocycles. The maximum atomic E-state index is 11.9. The number of amides is 1. The van der Waals surface area contributed by atoms with Crippen LogP contribution in [0, 0.1) is 6.92 Å². The minimum atomic E-state index is -0.248. The smallest absolute Gasteiger partial charge is 0.271 e. The number of aryl methyl sites for hydroxylation is 1. The molecule has 0 unspecified atom stereocenters. The highest BCUT2D eigenvalue weighted by Crippen LogP contribution is 2.20. The van der Waals surface area contributed by atoms with Gasteiger partial charge >= 0.3 is 0 Å². The van der Waals surface area contributed by atoms with Crippen molar-refractivity contribution in [2.24, 2.45) is 5.10 Å². The third kappa shape index (κ3) is 3.52. The zero-order valence-electron chi connectivity index (χ0n) is 12.7. The minimum absolute atomic E-state index is 0.248. The zero-order valence-corrected chi connectivity index (χ0v) is 12.7. The summed E-state index contributed by atoms with van der Waals surface area (Å²) in [5.41, 5.74) is 6.96. The molecular formula is C18H16N4O. The average molecular weight is 304 g/mol. The summed E-state index contributed by atoms with van der Waals surface area (Å²) in [4.78, 5) is 11.9. The van der Waals surface area contributed by atoms with Crippen LogP contribution in [-0.4, -0.2) is 22.3 Å². The normalized spacial score (nSPS) is 10.8. The van der Waals surface area contributed by atoms with E-state index >= 15 is 0 Å². The highest BCUT2D eigenvalue weighted by Gasteiger charge is 2.06. The van der Waals surface area contributed by atoms with Crippen LogP contribution in [0.25, 0.3) is 11.3 Å². The van der Waals surface area contributed by atoms with Gasteiger partial charge in [-0.25, -0.2) is 5.43 Å². The lowest BCUT2D eigenvalue weighted by atomic mass is 10.1. The molecule has 1 aromatic heterocycles. The predicted molar refractivity (Wildman–Crippen MR) is 90.3 cm³/mol. The first-order valence-electron chi connectivity index (χ1n) is 7.23. The van der Waals surface area contributed by atoms with E-state index in [0.717, 1.165) is 16.8 Å². The Kier molecular flexibility index (Phi) is 4.29. The maximum Gasteiger partial charge on any atom is 0.271 e. The van der Waals surface area contributed by atoms with Crippen LogP contribution in [0.3, 0.4) is 0 Å². The van der Waals surface area contributed by atoms with E-state index in [2.05, 4.69) is 20.7 Å². The van der Waals surface area contributed by atoms with Crippen molar-refractivity contribution in [1.29, 1.82) is 0 Å². The number of benzene rings is 2. The van der Waals surface area contributed by atoms with Crippen molar-refractivity contribution in [2.45, 2.75) is 6.92 Å². The van der Waals surface area contributed by atoms with Crippen molar-refractivity contribution in [3.05, 3.63) is 77.5 Å². The molecule has 0 radical (unpaired) electrons. The van der Waals surface area contributed by atoms with Gasteiger partial charge < -0.3 is 0 Å². The molecule has 0 spiro atoms. The van der Waals surface area contributed by atoms with Gasteiger partial charge in [-0.05, 0) is 19.1 Å². The number of carbonyl (C=O) groups excluding carboxylic acids is 1. The zero-order chi connectivity index (χ0) is 16.1. The van der Waals surface area contributed by atoms with Gasteiger partial charge in [0.25, 0.3) is 5.91 Å². The lowest BCUT2D eigenvalue weighted by Crippen LogP contribution is -2.17. The van der Waals surface area contributed by atoms with Gasteiger partial charge in [-0.1, -0.05) is 48.0 Å². The molecule has 114 valence electrons. The summed E-state index contributed by atoms with van der Waals surface area (Å²) in [6, 6.07) is 17.1. The third-order valence-electron chi connectivity index (χ3n) is 3.41. The molecule has 5 nitrogen and oxygen atoms in total. The van der Waals surface area contributed by atoms with E-state index in [0.29, 0.717) is 5.56 Å². The molecular weight excluding hydrogens is 288 g/mol. The van der Waals surface area contributed by atoms with E-state index in [1.807, 2.05) is 49.4 Å². The van der Waals surface area contributed by atoms with E-state index < -0.39 is 0 Å². The van der Waals surface area contributed by atoms with Gasteiger partial charge in [0.1, 0.15) is 0 Å². The monoisotopic (exact) mass is 304 g/mol. The summed E-state index contributed by atoms with van der Waals surface area (Å²) in [7, 11) is 0. The van der Waals surface area contributed by atoms with E-state index in [9.17, 15) is 4.79 Å². The molecule has 0 saturated carbocycles. The molecule has 3 aromatic rings. The number of carbonyl (C=O) groups is 1. The van der Waals surface area contributed by atoms with Gasteiger partial charge in [-0.15, -0.1) is 0 Å². The fourth-order valence-corrected chi connectivity index (χ4v) is 2.16. The largest absolute Gasteiger partial charge is 0.277 e. The minimum Gasteiger partial charge on any atom is -0.277 e. The van der Waals surface area contributed by atoms with Crippen LogP contribution >= 0.6 is 0 Å². The number of hydrogen-bond acceptors (Lipinski definition) is 3. The Labute approximate surface area is 134 Å². The van der Waals surface area contributed by atoms with Crippen LogP contribution in [0.5, 0.6) is 0 Å². The third-order valence-corrected chi connectivity index (χ3v) is 3.41. The number of hydrogen-bond donors (Lipinski definition) is 2. The van der Waals surface area contributed by atoms with Crippen molar-refractivity contribution >= 4 is 12.1 Å². The number of aromatic amines is 1. The molecule has 2 N–H and O–H groups in total. The van der Waals surface area contributed by atoms with Crippen LogP contribution in [0.2, 0.25) is 0 Å². The van der Waals surface area contributed by atoms with Gasteiger partial charge in [-0.3, -0.25) is 9.89 Å². The molecule has 2 aromatic carbocycles. The summed E-state index contributed by atoms with van der Waals surface area (Å²) >= 11 is 0. The van der Waals surface area contributed by atoms with Crippen LogP contribution in [-0.2, 0) is 0 Å². The number of nitrogens with one attached hydrogen (secondary N) is 2. The molecule has 0 aliphatic carbocycles. The van der Waals surface area contributed by atoms with Crippen molar-refractivity contribution in [2.75, 3.05) is 0 Å². The molecule has 0 fully saturated rings. The number of rotatable bonds is 4. The van der Waals surface area contributed by atoms with Gasteiger partial charge in [0.2, 0.25) is 0 Å². The molecule has 0 aliphatic rings. The van der Waals surface area contributed by atoms with Crippen molar-refractivity contribution in [1.82, 2.24) is 15.6 Å². The second-order valence-electron chi connectivity index (χ2n) is 5.13. The fourth-order valence-electron chi connectivity index (χ4n) is 2.16. The lowest BCUT2D eigenvalue weighted by molar-refractivity contribution is 0.0955. The van der Waals surface area contributed by atoms with Crippen LogP contribution < -0.4 is 5.43 Å². The van der Waals surface area contributed by atoms with Crippen molar-refractivity contribution in [3.8, 4) is 11.3 Å². The summed E-state index contributed by atoms with van der Waals surface area (Å²) in [5, 5.41) is 11.0. The van der Waals surface area contributed by atoms with Crippen molar-refractivity contribution in [3.63, 3.8) is 0 Å². The Balaban J connectivity index is 1.73. The number of aromatic nitrogens is 2. The van der Waals surface area contributed by atoms with E-state index in [4.69, 9.17) is 0 Å². The van der Waals surface area contributed by atoms with Crippen LogP contribution in [0.1, 0.15) is 21.5 Å². The highest BCUT2D eigenvalue weighted by molar-refractivity contribution is 5.95. The Morgan fingerprint density at radius 3 is 2.61 bits per heavy atom. The van der Waals surface area contributed by atoms with E-state index in [1.54, 1.807) is 24.5 Å². The SMILES string of the molecule is Cc1ccc(-c2[nH]ncc2/C=N\NC(=O)c2ccccc2)cc1. The summed E-state index contributed by atoms with van der Waals surface area (Å²) in [5.74, 6) is -0.248. The van der Waals surface area contributed by atoms with Gasteiger partial charge in [-0.2, -0.15) is 10.2 Å². The molecule has 5 heteroatoms. The van der Waals surface area contributed by atoms with Gasteiger partial charge in [0.15, 0.2) is 0 Å². The highest BCUT2D eigenvalue weighted by atomic mass is 16.2. The van der Waals surface area contributed by atoms with Crippen LogP contribution in [0.15, 0.2) is 65.9 Å². The molecule has 1 amide bonds. The van der Waals surface area contributed by atoms with Gasteiger partial charge in [0.05, 0.1) is 18.1 Å². The first-order valence-corrected chi connectivity index (χ1v) is 7.23. The molecule has 3 rings (SSSR count). The quantitative estimate of drug-likeness (QED) is 0.574. The standard InChI is InChI=1S/C18H16N4O/c1-13-7-9-14(10-8-13)17-16(11-19-21-17)12-20-22-18(23)15-5-3-2-4-6-15/h2-12H,1H3,(H,19,21)(H,22,23)/b20-12-.